The van der Waals surface area contributed by atoms with Crippen molar-refractivity contribution in [1.29, 1.82) is 0 Å². The van der Waals surface area contributed by atoms with Gasteiger partial charge in [0.2, 0.25) is 0 Å². The Morgan fingerprint density at radius 1 is 0.500 bits per heavy atom. The second kappa shape index (κ2) is 8.55. The van der Waals surface area contributed by atoms with Crippen LogP contribution in [0.5, 0.6) is 0 Å². The lowest BCUT2D eigenvalue weighted by atomic mass is 10.2. The Labute approximate surface area is 87.7 Å². The molecule has 0 heterocycles. The quantitative estimate of drug-likeness (QED) is 0.494. The van der Waals surface area contributed by atoms with Crippen molar-refractivity contribution in [3.05, 3.63) is 55.0 Å². The molecule has 75 valence electrons. The van der Waals surface area contributed by atoms with Crippen LogP contribution in [0.2, 0.25) is 0 Å². The summed E-state index contributed by atoms with van der Waals surface area (Å²) in [5.41, 5.74) is 0. The van der Waals surface area contributed by atoms with E-state index in [1.807, 2.05) is 0 Å². The number of hydrogen-bond donors (Lipinski definition) is 0. The molecule has 1 aliphatic rings. The summed E-state index contributed by atoms with van der Waals surface area (Å²) in [6, 6.07) is 0. The first-order chi connectivity index (χ1) is 7.00. The van der Waals surface area contributed by atoms with Crippen LogP contribution in [0.15, 0.2) is 48.6 Å². The molecule has 0 saturated carbocycles. The molecule has 1 aliphatic carbocycles. The Hall–Kier alpha value is -1.04. The van der Waals surface area contributed by atoms with E-state index >= 15 is 0 Å². The maximum atomic E-state index is 2.28. The molecule has 0 amide bonds. The number of rotatable bonds is 0. The average Bonchev–Trinajstić information content (AvgIpc) is 2.22. The van der Waals surface area contributed by atoms with Gasteiger partial charge in [-0.25, -0.2) is 0 Å². The molecule has 0 spiro atoms. The van der Waals surface area contributed by atoms with Crippen molar-refractivity contribution in [2.24, 2.45) is 0 Å². The maximum absolute atomic E-state index is 2.28. The Morgan fingerprint density at radius 2 is 1.14 bits per heavy atom. The highest BCUT2D eigenvalue weighted by molar-refractivity contribution is 5.09. The lowest BCUT2D eigenvalue weighted by Gasteiger charge is -1.90. The van der Waals surface area contributed by atoms with Crippen molar-refractivity contribution >= 4 is 0 Å². The van der Waals surface area contributed by atoms with Crippen molar-refractivity contribution < 1.29 is 0 Å². The highest BCUT2D eigenvalue weighted by atomic mass is 13.9. The largest absolute Gasteiger partial charge is 0.0882 e. The third-order valence-corrected chi connectivity index (χ3v) is 2.10. The Kier molecular flexibility index (Phi) is 6.74. The van der Waals surface area contributed by atoms with Gasteiger partial charge in [-0.1, -0.05) is 48.6 Å². The van der Waals surface area contributed by atoms with Crippen LogP contribution in [0.25, 0.3) is 0 Å². The molecule has 0 aromatic heterocycles. The smallest absolute Gasteiger partial charge is 0.0130 e. The predicted molar refractivity (Wildman–Crippen MR) is 63.9 cm³/mol. The molecule has 0 aromatic rings. The zero-order valence-corrected chi connectivity index (χ0v) is 8.73. The van der Waals surface area contributed by atoms with Crippen LogP contribution in [-0.2, 0) is 0 Å². The monoisotopic (exact) mass is 187 g/mol. The molecular weight excluding hydrogens is 168 g/mol. The molecule has 1 rings (SSSR count). The minimum atomic E-state index is 1.05. The summed E-state index contributed by atoms with van der Waals surface area (Å²) in [5.74, 6) is 0. The summed E-state index contributed by atoms with van der Waals surface area (Å²) in [4.78, 5) is 0. The summed E-state index contributed by atoms with van der Waals surface area (Å²) < 4.78 is 0. The standard InChI is InChI=1S/C14H19/c1-2-4-6-8-10-12-14-13-11-9-7-5-3-1/h1-5,8,10-11,13H,6-7,9,12,14H2/b2-1+,5-3+,10-8+,13-11+. The van der Waals surface area contributed by atoms with E-state index < -0.39 is 0 Å². The average molecular weight is 187 g/mol. The summed E-state index contributed by atoms with van der Waals surface area (Å²) >= 11 is 0. The highest BCUT2D eigenvalue weighted by Crippen LogP contribution is 2.01. The van der Waals surface area contributed by atoms with Gasteiger partial charge in [0.1, 0.15) is 0 Å². The van der Waals surface area contributed by atoms with Gasteiger partial charge < -0.3 is 0 Å². The predicted octanol–water partition coefficient (Wildman–Crippen LogP) is 4.38. The molecule has 0 nitrogen and oxygen atoms in total. The molecule has 1 radical (unpaired) electrons. The van der Waals surface area contributed by atoms with Crippen molar-refractivity contribution in [2.75, 3.05) is 0 Å². The summed E-state index contributed by atoms with van der Waals surface area (Å²) in [5, 5.41) is 0. The van der Waals surface area contributed by atoms with E-state index in [-0.39, 0.29) is 0 Å². The van der Waals surface area contributed by atoms with Crippen LogP contribution in [0.4, 0.5) is 0 Å². The Bertz CT molecular complexity index is 202. The molecule has 0 unspecified atom stereocenters. The molecular formula is C14H19. The minimum absolute atomic E-state index is 1.05. The topological polar surface area (TPSA) is 0 Å². The summed E-state index contributed by atoms with van der Waals surface area (Å²) in [7, 11) is 0. The third-order valence-electron chi connectivity index (χ3n) is 2.10. The minimum Gasteiger partial charge on any atom is -0.0882 e. The van der Waals surface area contributed by atoms with E-state index in [1.165, 1.54) is 12.8 Å². The van der Waals surface area contributed by atoms with Gasteiger partial charge >= 0.3 is 0 Å². The lowest BCUT2D eigenvalue weighted by molar-refractivity contribution is 0.999. The number of hydrogen-bond acceptors (Lipinski definition) is 0. The van der Waals surface area contributed by atoms with Crippen LogP contribution in [-0.4, -0.2) is 0 Å². The van der Waals surface area contributed by atoms with Crippen LogP contribution < -0.4 is 0 Å². The molecule has 0 fully saturated rings. The van der Waals surface area contributed by atoms with Gasteiger partial charge in [0, 0.05) is 0 Å². The molecule has 0 aromatic carbocycles. The van der Waals surface area contributed by atoms with Gasteiger partial charge in [-0.2, -0.15) is 0 Å². The second-order valence-electron chi connectivity index (χ2n) is 3.38. The first-order valence-corrected chi connectivity index (χ1v) is 5.45. The molecule has 0 aliphatic heterocycles. The third kappa shape index (κ3) is 6.47. The van der Waals surface area contributed by atoms with E-state index in [0.717, 1.165) is 19.3 Å². The van der Waals surface area contributed by atoms with Gasteiger partial charge in [-0.15, -0.1) is 0 Å². The number of allylic oxidation sites excluding steroid dienone is 8. The fourth-order valence-corrected chi connectivity index (χ4v) is 1.31. The Balaban J connectivity index is 2.34. The van der Waals surface area contributed by atoms with Crippen molar-refractivity contribution in [3.8, 4) is 0 Å². The van der Waals surface area contributed by atoms with Gasteiger partial charge in [0.15, 0.2) is 0 Å². The van der Waals surface area contributed by atoms with Gasteiger partial charge in [-0.05, 0) is 38.5 Å². The SMILES string of the molecule is [CH]1/C=C/C=C/CC/C=C/CC/C=C/C1. The van der Waals surface area contributed by atoms with E-state index in [1.54, 1.807) is 0 Å². The normalized spacial score (nSPS) is 28.6. The van der Waals surface area contributed by atoms with Crippen LogP contribution >= 0.6 is 0 Å². The first kappa shape index (κ1) is 11.0. The molecule has 14 heavy (non-hydrogen) atoms. The summed E-state index contributed by atoms with van der Waals surface area (Å²) in [6.45, 7) is 0. The van der Waals surface area contributed by atoms with Crippen molar-refractivity contribution in [2.45, 2.75) is 32.1 Å². The molecule has 0 saturated heterocycles. The fourth-order valence-electron chi connectivity index (χ4n) is 1.31. The molecule has 0 bridgehead atoms. The van der Waals surface area contributed by atoms with Gasteiger partial charge in [0.25, 0.3) is 0 Å². The Morgan fingerprint density at radius 3 is 1.93 bits per heavy atom. The summed E-state index contributed by atoms with van der Waals surface area (Å²) in [6.07, 6.45) is 25.5. The highest BCUT2D eigenvalue weighted by Gasteiger charge is 1.81. The zero-order valence-electron chi connectivity index (χ0n) is 8.73. The van der Waals surface area contributed by atoms with E-state index in [2.05, 4.69) is 55.0 Å². The fraction of sp³-hybridized carbons (Fsp3) is 0.357. The molecule has 0 N–H and O–H groups in total. The van der Waals surface area contributed by atoms with E-state index in [4.69, 9.17) is 0 Å². The lowest BCUT2D eigenvalue weighted by Crippen LogP contribution is -1.71. The van der Waals surface area contributed by atoms with Crippen molar-refractivity contribution in [1.82, 2.24) is 0 Å². The molecule has 0 heteroatoms. The van der Waals surface area contributed by atoms with E-state index in [9.17, 15) is 0 Å². The van der Waals surface area contributed by atoms with Gasteiger partial charge in [0.05, 0.1) is 0 Å². The van der Waals surface area contributed by atoms with Gasteiger partial charge in [-0.3, -0.25) is 0 Å². The first-order valence-electron chi connectivity index (χ1n) is 5.45. The van der Waals surface area contributed by atoms with E-state index in [0.29, 0.717) is 0 Å². The van der Waals surface area contributed by atoms with Crippen LogP contribution in [0.3, 0.4) is 0 Å². The van der Waals surface area contributed by atoms with Crippen LogP contribution in [0.1, 0.15) is 32.1 Å². The van der Waals surface area contributed by atoms with Crippen molar-refractivity contribution in [3.63, 3.8) is 0 Å². The second-order valence-corrected chi connectivity index (χ2v) is 3.38. The maximum Gasteiger partial charge on any atom is -0.0130 e. The van der Waals surface area contributed by atoms with Crippen LogP contribution in [0, 0.1) is 6.42 Å². The molecule has 0 atom stereocenters. The zero-order chi connectivity index (χ0) is 9.90.